The van der Waals surface area contributed by atoms with Crippen LogP contribution in [-0.2, 0) is 11.2 Å². The van der Waals surface area contributed by atoms with E-state index in [1.165, 1.54) is 12.8 Å². The highest BCUT2D eigenvalue weighted by molar-refractivity contribution is 6.02. The third-order valence-electron chi connectivity index (χ3n) is 6.21. The van der Waals surface area contributed by atoms with Gasteiger partial charge in [-0.2, -0.15) is 0 Å². The first kappa shape index (κ1) is 20.5. The van der Waals surface area contributed by atoms with Gasteiger partial charge in [0.1, 0.15) is 18.1 Å². The molecule has 0 spiro atoms. The number of carbonyl (C=O) groups excluding carboxylic acids is 1. The lowest BCUT2D eigenvalue weighted by Crippen LogP contribution is -2.12. The predicted molar refractivity (Wildman–Crippen MR) is 121 cm³/mol. The lowest BCUT2D eigenvalue weighted by Gasteiger charge is -2.19. The Hall–Kier alpha value is -2.81. The van der Waals surface area contributed by atoms with Crippen LogP contribution < -0.4 is 4.74 Å². The fourth-order valence-corrected chi connectivity index (χ4v) is 4.48. The van der Waals surface area contributed by atoms with Crippen LogP contribution in [0.5, 0.6) is 5.75 Å². The molecule has 0 unspecified atom stereocenters. The van der Waals surface area contributed by atoms with Crippen molar-refractivity contribution >= 4 is 5.78 Å². The Bertz CT molecular complexity index is 993. The molecule has 0 saturated heterocycles. The number of ketones is 1. The summed E-state index contributed by atoms with van der Waals surface area (Å²) in [5.74, 6) is 1.78. The molecule has 1 fully saturated rings. The van der Waals surface area contributed by atoms with Gasteiger partial charge in [0.25, 0.3) is 0 Å². The number of hydrogen-bond donors (Lipinski definition) is 0. The van der Waals surface area contributed by atoms with E-state index >= 15 is 0 Å². The zero-order chi connectivity index (χ0) is 21.1. The Balaban J connectivity index is 1.56. The number of fused-ring (bicyclic) bond motifs is 1. The molecule has 4 rings (SSSR count). The van der Waals surface area contributed by atoms with Crippen LogP contribution >= 0.6 is 0 Å². The van der Waals surface area contributed by atoms with Gasteiger partial charge in [-0.3, -0.25) is 4.79 Å². The minimum atomic E-state index is 0.234. The highest BCUT2D eigenvalue weighted by Crippen LogP contribution is 2.38. The van der Waals surface area contributed by atoms with Gasteiger partial charge in [-0.05, 0) is 68.7 Å². The van der Waals surface area contributed by atoms with Gasteiger partial charge in [-0.15, -0.1) is 0 Å². The first-order valence-corrected chi connectivity index (χ1v) is 11.0. The van der Waals surface area contributed by atoms with Crippen LogP contribution in [0.25, 0.3) is 11.1 Å². The van der Waals surface area contributed by atoms with E-state index in [-0.39, 0.29) is 11.9 Å². The molecule has 0 amide bonds. The molecule has 2 aliphatic carbocycles. The molecule has 30 heavy (non-hydrogen) atoms. The van der Waals surface area contributed by atoms with Crippen molar-refractivity contribution in [3.8, 4) is 16.9 Å². The van der Waals surface area contributed by atoms with Gasteiger partial charge in [-0.1, -0.05) is 43.0 Å². The van der Waals surface area contributed by atoms with Gasteiger partial charge in [0.15, 0.2) is 5.78 Å². The molecule has 2 aromatic rings. The summed E-state index contributed by atoms with van der Waals surface area (Å²) in [7, 11) is 0. The van der Waals surface area contributed by atoms with Crippen molar-refractivity contribution in [2.24, 2.45) is 0 Å². The molecule has 0 N–H and O–H groups in total. The van der Waals surface area contributed by atoms with Crippen LogP contribution in [-0.4, -0.2) is 18.5 Å². The summed E-state index contributed by atoms with van der Waals surface area (Å²) >= 11 is 0. The summed E-state index contributed by atoms with van der Waals surface area (Å²) in [5.41, 5.74) is 6.23. The highest BCUT2D eigenvalue weighted by Gasteiger charge is 2.24. The summed E-state index contributed by atoms with van der Waals surface area (Å²) in [5, 5.41) is 0. The Morgan fingerprint density at radius 2 is 1.87 bits per heavy atom. The lowest BCUT2D eigenvalue weighted by molar-refractivity contribution is 0.0994. The molecule has 0 atom stereocenters. The topological polar surface area (TPSA) is 35.5 Å². The molecular weight excluding hydrogens is 372 g/mol. The van der Waals surface area contributed by atoms with Crippen molar-refractivity contribution in [3.63, 3.8) is 0 Å². The molecule has 3 nitrogen and oxygen atoms in total. The summed E-state index contributed by atoms with van der Waals surface area (Å²) < 4.78 is 12.4. The second-order valence-corrected chi connectivity index (χ2v) is 8.30. The van der Waals surface area contributed by atoms with E-state index in [4.69, 9.17) is 9.47 Å². The van der Waals surface area contributed by atoms with E-state index in [2.05, 4.69) is 37.8 Å². The molecule has 0 aliphatic heterocycles. The lowest BCUT2D eigenvalue weighted by atomic mass is 9.95. The maximum absolute atomic E-state index is 12.2. The Kier molecular flexibility index (Phi) is 6.08. The predicted octanol–water partition coefficient (Wildman–Crippen LogP) is 6.59. The second-order valence-electron chi connectivity index (χ2n) is 8.30. The number of rotatable bonds is 7. The number of ether oxygens (including phenoxy) is 2. The standard InChI is InChI=1S/C27H30O3/c1-4-20(19(3)30-21-8-5-6-9-21)17-29-27-16-18(2)12-13-25(27)22-10-7-11-24-23(22)14-15-26(24)28/h4,7,10-13,16,21H,3,5-6,8-9,14-15,17H2,1-2H3/b20-4+. The Labute approximate surface area is 179 Å². The van der Waals surface area contributed by atoms with Crippen molar-refractivity contribution in [2.45, 2.75) is 58.5 Å². The quantitative estimate of drug-likeness (QED) is 0.387. The fourth-order valence-electron chi connectivity index (χ4n) is 4.48. The van der Waals surface area contributed by atoms with Gasteiger partial charge in [0.05, 0.1) is 6.10 Å². The van der Waals surface area contributed by atoms with Crippen LogP contribution in [0.3, 0.4) is 0 Å². The van der Waals surface area contributed by atoms with Crippen molar-refractivity contribution in [1.82, 2.24) is 0 Å². The first-order chi connectivity index (χ1) is 14.6. The van der Waals surface area contributed by atoms with Crippen molar-refractivity contribution in [3.05, 3.63) is 77.1 Å². The zero-order valence-corrected chi connectivity index (χ0v) is 18.0. The molecule has 0 aromatic heterocycles. The summed E-state index contributed by atoms with van der Waals surface area (Å²) in [4.78, 5) is 12.2. The molecular formula is C27H30O3. The Morgan fingerprint density at radius 1 is 1.10 bits per heavy atom. The van der Waals surface area contributed by atoms with Crippen molar-refractivity contribution in [1.29, 1.82) is 0 Å². The van der Waals surface area contributed by atoms with Gasteiger partial charge in [-0.25, -0.2) is 0 Å². The van der Waals surface area contributed by atoms with E-state index in [1.54, 1.807) is 0 Å². The summed E-state index contributed by atoms with van der Waals surface area (Å²) in [6.07, 6.45) is 8.37. The van der Waals surface area contributed by atoms with E-state index in [9.17, 15) is 4.79 Å². The fraction of sp³-hybridized carbons (Fsp3) is 0.370. The average Bonchev–Trinajstić information content (AvgIpc) is 3.39. The largest absolute Gasteiger partial charge is 0.491 e. The van der Waals surface area contributed by atoms with Crippen molar-refractivity contribution < 1.29 is 14.3 Å². The molecule has 0 radical (unpaired) electrons. The zero-order valence-electron chi connectivity index (χ0n) is 18.0. The van der Waals surface area contributed by atoms with Crippen LogP contribution in [0, 0.1) is 6.92 Å². The number of aryl methyl sites for hydroxylation is 1. The van der Waals surface area contributed by atoms with Crippen LogP contribution in [0.4, 0.5) is 0 Å². The molecule has 3 heteroatoms. The SMILES string of the molecule is C=C(OC1CCCC1)/C(=C/C)COc1cc(C)ccc1-c1cccc2c1CCC2=O. The maximum Gasteiger partial charge on any atom is 0.163 e. The van der Waals surface area contributed by atoms with E-state index in [0.29, 0.717) is 18.8 Å². The molecule has 0 bridgehead atoms. The number of hydrogen-bond acceptors (Lipinski definition) is 3. The number of allylic oxidation sites excluding steroid dienone is 1. The highest BCUT2D eigenvalue weighted by atomic mass is 16.5. The van der Waals surface area contributed by atoms with Crippen LogP contribution in [0.15, 0.2) is 60.4 Å². The smallest absolute Gasteiger partial charge is 0.163 e. The third-order valence-corrected chi connectivity index (χ3v) is 6.21. The van der Waals surface area contributed by atoms with Crippen LogP contribution in [0.2, 0.25) is 0 Å². The molecule has 0 heterocycles. The minimum Gasteiger partial charge on any atom is -0.491 e. The molecule has 2 aliphatic rings. The summed E-state index contributed by atoms with van der Waals surface area (Å²) in [6, 6.07) is 12.3. The number of carbonyl (C=O) groups is 1. The molecule has 156 valence electrons. The van der Waals surface area contributed by atoms with Gasteiger partial charge in [0, 0.05) is 23.1 Å². The Morgan fingerprint density at radius 3 is 2.63 bits per heavy atom. The normalized spacial score (nSPS) is 16.6. The van der Waals surface area contributed by atoms with E-state index < -0.39 is 0 Å². The van der Waals surface area contributed by atoms with Gasteiger partial charge >= 0.3 is 0 Å². The van der Waals surface area contributed by atoms with E-state index in [1.807, 2.05) is 25.1 Å². The third kappa shape index (κ3) is 4.21. The minimum absolute atomic E-state index is 0.234. The number of benzene rings is 2. The van der Waals surface area contributed by atoms with Crippen molar-refractivity contribution in [2.75, 3.05) is 6.61 Å². The summed E-state index contributed by atoms with van der Waals surface area (Å²) in [6.45, 7) is 8.62. The first-order valence-electron chi connectivity index (χ1n) is 11.0. The van der Waals surface area contributed by atoms with E-state index in [0.717, 1.165) is 58.4 Å². The van der Waals surface area contributed by atoms with Gasteiger partial charge < -0.3 is 9.47 Å². The molecule has 1 saturated carbocycles. The van der Waals surface area contributed by atoms with Gasteiger partial charge in [0.2, 0.25) is 0 Å². The monoisotopic (exact) mass is 402 g/mol. The number of Topliss-reactive ketones (excluding diaryl/α,β-unsaturated/α-hetero) is 1. The van der Waals surface area contributed by atoms with Crippen LogP contribution in [0.1, 0.15) is 60.5 Å². The second kappa shape index (κ2) is 8.91. The maximum atomic E-state index is 12.2. The molecule has 2 aromatic carbocycles. The average molecular weight is 403 g/mol.